The van der Waals surface area contributed by atoms with Gasteiger partial charge in [-0.05, 0) is 23.8 Å². The highest BCUT2D eigenvalue weighted by atomic mass is 16.5. The predicted molar refractivity (Wildman–Crippen MR) is 70.6 cm³/mol. The molecule has 18 heavy (non-hydrogen) atoms. The van der Waals surface area contributed by atoms with E-state index in [-0.39, 0.29) is 6.04 Å². The number of fused-ring (bicyclic) bond motifs is 1. The van der Waals surface area contributed by atoms with Gasteiger partial charge in [-0.25, -0.2) is 0 Å². The Hall–Kier alpha value is -1.87. The second-order valence-electron chi connectivity index (χ2n) is 4.42. The molecule has 3 heteroatoms. The molecule has 1 atom stereocenters. The lowest BCUT2D eigenvalue weighted by Crippen LogP contribution is -2.34. The first-order valence-electron chi connectivity index (χ1n) is 6.28. The fraction of sp³-hybridized carbons (Fsp3) is 0.267. The summed E-state index contributed by atoms with van der Waals surface area (Å²) in [5, 5.41) is 3.48. The molecule has 0 spiro atoms. The van der Waals surface area contributed by atoms with E-state index >= 15 is 0 Å². The van der Waals surface area contributed by atoms with Gasteiger partial charge in [0.1, 0.15) is 12.4 Å². The van der Waals surface area contributed by atoms with Crippen LogP contribution in [0.15, 0.2) is 48.7 Å². The number of benzene rings is 1. The summed E-state index contributed by atoms with van der Waals surface area (Å²) in [6.45, 7) is 1.61. The van der Waals surface area contributed by atoms with Gasteiger partial charge >= 0.3 is 0 Å². The van der Waals surface area contributed by atoms with E-state index in [4.69, 9.17) is 4.74 Å². The van der Waals surface area contributed by atoms with E-state index in [9.17, 15) is 0 Å². The molecule has 0 fully saturated rings. The number of para-hydroxylation sites is 1. The molecule has 1 unspecified atom stereocenters. The van der Waals surface area contributed by atoms with Crippen LogP contribution >= 0.6 is 0 Å². The van der Waals surface area contributed by atoms with E-state index in [0.29, 0.717) is 6.61 Å². The second-order valence-corrected chi connectivity index (χ2v) is 4.42. The zero-order valence-electron chi connectivity index (χ0n) is 10.2. The van der Waals surface area contributed by atoms with E-state index in [1.807, 2.05) is 42.6 Å². The average molecular weight is 240 g/mol. The summed E-state index contributed by atoms with van der Waals surface area (Å²) in [7, 11) is 0. The smallest absolute Gasteiger partial charge is 0.119 e. The molecular weight excluding hydrogens is 224 g/mol. The summed E-state index contributed by atoms with van der Waals surface area (Å²) in [5.41, 5.74) is 2.46. The van der Waals surface area contributed by atoms with Crippen molar-refractivity contribution in [3.05, 3.63) is 59.9 Å². The van der Waals surface area contributed by atoms with E-state index in [2.05, 4.69) is 16.4 Å². The van der Waals surface area contributed by atoms with Gasteiger partial charge in [-0.3, -0.25) is 4.98 Å². The Morgan fingerprint density at radius 2 is 2.06 bits per heavy atom. The maximum absolute atomic E-state index is 5.81. The standard InChI is InChI=1S/C15H16N2O/c1-2-5-12(6-3-1)18-11-15-13-7-4-9-16-14(13)8-10-17-15/h1-7,9,15,17H,8,10-11H2. The molecule has 3 nitrogen and oxygen atoms in total. The molecular formula is C15H16N2O. The van der Waals surface area contributed by atoms with Crippen LogP contribution in [0.4, 0.5) is 0 Å². The normalized spacial score (nSPS) is 18.1. The summed E-state index contributed by atoms with van der Waals surface area (Å²) in [5.74, 6) is 0.912. The van der Waals surface area contributed by atoms with Crippen LogP contribution in [0, 0.1) is 0 Å². The molecule has 1 aliphatic heterocycles. The minimum absolute atomic E-state index is 0.239. The van der Waals surface area contributed by atoms with Gasteiger partial charge in [0.05, 0.1) is 6.04 Å². The third-order valence-corrected chi connectivity index (χ3v) is 3.21. The topological polar surface area (TPSA) is 34.1 Å². The number of nitrogens with one attached hydrogen (secondary N) is 1. The van der Waals surface area contributed by atoms with Crippen molar-refractivity contribution < 1.29 is 4.74 Å². The van der Waals surface area contributed by atoms with Gasteiger partial charge < -0.3 is 10.1 Å². The Balaban J connectivity index is 1.71. The largest absolute Gasteiger partial charge is 0.492 e. The minimum Gasteiger partial charge on any atom is -0.492 e. The van der Waals surface area contributed by atoms with E-state index in [1.165, 1.54) is 11.3 Å². The van der Waals surface area contributed by atoms with Gasteiger partial charge in [-0.2, -0.15) is 0 Å². The van der Waals surface area contributed by atoms with Crippen LogP contribution in [0.1, 0.15) is 17.3 Å². The molecule has 2 heterocycles. The number of ether oxygens (including phenoxy) is 1. The molecule has 1 N–H and O–H groups in total. The van der Waals surface area contributed by atoms with Crippen molar-refractivity contribution in [1.82, 2.24) is 10.3 Å². The molecule has 0 radical (unpaired) electrons. The number of pyridine rings is 1. The number of nitrogens with zero attached hydrogens (tertiary/aromatic N) is 1. The zero-order chi connectivity index (χ0) is 12.2. The van der Waals surface area contributed by atoms with E-state index in [0.717, 1.165) is 18.7 Å². The summed E-state index contributed by atoms with van der Waals surface area (Å²) in [6, 6.07) is 14.3. The monoisotopic (exact) mass is 240 g/mol. The lowest BCUT2D eigenvalue weighted by Gasteiger charge is -2.26. The highest BCUT2D eigenvalue weighted by Crippen LogP contribution is 2.22. The highest BCUT2D eigenvalue weighted by molar-refractivity contribution is 5.27. The Morgan fingerprint density at radius 1 is 1.17 bits per heavy atom. The van der Waals surface area contributed by atoms with Gasteiger partial charge in [0.15, 0.2) is 0 Å². The summed E-state index contributed by atoms with van der Waals surface area (Å²) >= 11 is 0. The van der Waals surface area contributed by atoms with E-state index in [1.54, 1.807) is 0 Å². The van der Waals surface area contributed by atoms with Gasteiger partial charge in [-0.15, -0.1) is 0 Å². The Bertz CT molecular complexity index is 513. The Kier molecular flexibility index (Phi) is 3.24. The zero-order valence-corrected chi connectivity index (χ0v) is 10.2. The molecule has 0 bridgehead atoms. The van der Waals surface area contributed by atoms with Crippen molar-refractivity contribution in [3.63, 3.8) is 0 Å². The van der Waals surface area contributed by atoms with Crippen molar-refractivity contribution >= 4 is 0 Å². The number of hydrogen-bond acceptors (Lipinski definition) is 3. The van der Waals surface area contributed by atoms with Gasteiger partial charge in [0.25, 0.3) is 0 Å². The van der Waals surface area contributed by atoms with Crippen LogP contribution in [-0.2, 0) is 6.42 Å². The van der Waals surface area contributed by atoms with Crippen LogP contribution in [0.25, 0.3) is 0 Å². The van der Waals surface area contributed by atoms with Gasteiger partial charge in [0.2, 0.25) is 0 Å². The Labute approximate surface area is 107 Å². The fourth-order valence-electron chi connectivity index (χ4n) is 2.30. The maximum Gasteiger partial charge on any atom is 0.119 e. The minimum atomic E-state index is 0.239. The lowest BCUT2D eigenvalue weighted by atomic mass is 10.00. The van der Waals surface area contributed by atoms with E-state index < -0.39 is 0 Å². The van der Waals surface area contributed by atoms with Crippen molar-refractivity contribution in [3.8, 4) is 5.75 Å². The summed E-state index contributed by atoms with van der Waals surface area (Å²) in [6.07, 6.45) is 2.86. The third-order valence-electron chi connectivity index (χ3n) is 3.21. The molecule has 0 aliphatic carbocycles. The van der Waals surface area contributed by atoms with Crippen LogP contribution in [0.5, 0.6) is 5.75 Å². The highest BCUT2D eigenvalue weighted by Gasteiger charge is 2.20. The fourth-order valence-corrected chi connectivity index (χ4v) is 2.30. The average Bonchev–Trinajstić information content (AvgIpc) is 2.46. The van der Waals surface area contributed by atoms with Crippen molar-refractivity contribution in [2.75, 3.05) is 13.2 Å². The first kappa shape index (κ1) is 11.2. The summed E-state index contributed by atoms with van der Waals surface area (Å²) < 4.78 is 5.81. The quantitative estimate of drug-likeness (QED) is 0.894. The maximum atomic E-state index is 5.81. The number of hydrogen-bond donors (Lipinski definition) is 1. The molecule has 2 aromatic rings. The van der Waals surface area contributed by atoms with Crippen LogP contribution in [0.2, 0.25) is 0 Å². The van der Waals surface area contributed by atoms with Gasteiger partial charge in [-0.1, -0.05) is 24.3 Å². The molecule has 0 saturated heterocycles. The number of rotatable bonds is 3. The van der Waals surface area contributed by atoms with Crippen molar-refractivity contribution in [2.24, 2.45) is 0 Å². The first-order valence-corrected chi connectivity index (χ1v) is 6.28. The third kappa shape index (κ3) is 2.36. The molecule has 3 rings (SSSR count). The summed E-state index contributed by atoms with van der Waals surface area (Å²) in [4.78, 5) is 4.43. The van der Waals surface area contributed by atoms with Crippen LogP contribution in [-0.4, -0.2) is 18.1 Å². The second kappa shape index (κ2) is 5.19. The molecule has 1 aromatic heterocycles. The van der Waals surface area contributed by atoms with Crippen LogP contribution in [0.3, 0.4) is 0 Å². The number of aromatic nitrogens is 1. The Morgan fingerprint density at radius 3 is 2.94 bits per heavy atom. The van der Waals surface area contributed by atoms with Gasteiger partial charge in [0, 0.05) is 24.9 Å². The van der Waals surface area contributed by atoms with Crippen molar-refractivity contribution in [1.29, 1.82) is 0 Å². The van der Waals surface area contributed by atoms with Crippen molar-refractivity contribution in [2.45, 2.75) is 12.5 Å². The molecule has 1 aromatic carbocycles. The molecule has 92 valence electrons. The molecule has 1 aliphatic rings. The predicted octanol–water partition coefficient (Wildman–Crippen LogP) is 2.35. The molecule has 0 saturated carbocycles. The molecule has 0 amide bonds. The SMILES string of the molecule is c1ccc(OCC2NCCc3ncccc32)cc1. The lowest BCUT2D eigenvalue weighted by molar-refractivity contribution is 0.260. The van der Waals surface area contributed by atoms with Crippen LogP contribution < -0.4 is 10.1 Å². The first-order chi connectivity index (χ1) is 8.93.